The number of carbonyl (C=O) groups is 1. The number of hydrogen-bond donors (Lipinski definition) is 0. The smallest absolute Gasteiger partial charge is 0.322 e. The first-order chi connectivity index (χ1) is 11.7. The van der Waals surface area contributed by atoms with Crippen LogP contribution in [0.3, 0.4) is 0 Å². The van der Waals surface area contributed by atoms with E-state index in [1.165, 1.54) is 0 Å². The summed E-state index contributed by atoms with van der Waals surface area (Å²) in [5, 5.41) is 17.2. The summed E-state index contributed by atoms with van der Waals surface area (Å²) in [5.41, 5.74) is 2.19. The molecule has 0 atom stereocenters. The molecule has 24 heavy (non-hydrogen) atoms. The van der Waals surface area contributed by atoms with E-state index >= 15 is 0 Å². The van der Waals surface area contributed by atoms with Crippen molar-refractivity contribution in [1.82, 2.24) is 15.1 Å². The monoisotopic (exact) mass is 319 g/mol. The number of anilines is 1. The maximum Gasteiger partial charge on any atom is 0.325 e. The molecule has 0 N–H and O–H groups in total. The van der Waals surface area contributed by atoms with Crippen LogP contribution in [0.15, 0.2) is 49.1 Å². The molecule has 1 fully saturated rings. The lowest BCUT2D eigenvalue weighted by molar-refractivity contribution is 0.221. The molecule has 2 aromatic rings. The summed E-state index contributed by atoms with van der Waals surface area (Å²) in [7, 11) is 0. The Morgan fingerprint density at radius 1 is 1.17 bits per heavy atom. The Kier molecular flexibility index (Phi) is 4.52. The summed E-state index contributed by atoms with van der Waals surface area (Å²) in [5.74, 6) is 0.554. The fraction of sp³-hybridized carbons (Fsp3) is 0.222. The van der Waals surface area contributed by atoms with Crippen LogP contribution in [0.4, 0.5) is 10.6 Å². The van der Waals surface area contributed by atoms with Crippen molar-refractivity contribution < 1.29 is 4.79 Å². The minimum Gasteiger partial charge on any atom is -0.322 e. The van der Waals surface area contributed by atoms with Crippen LogP contribution >= 0.6 is 0 Å². The molecule has 120 valence electrons. The summed E-state index contributed by atoms with van der Waals surface area (Å²) >= 11 is 0. The Morgan fingerprint density at radius 3 is 2.58 bits per heavy atom. The summed E-state index contributed by atoms with van der Waals surface area (Å²) < 4.78 is 0. The molecule has 0 radical (unpaired) electrons. The van der Waals surface area contributed by atoms with Gasteiger partial charge < -0.3 is 4.90 Å². The number of hydrogen-bond acceptors (Lipinski definition) is 4. The van der Waals surface area contributed by atoms with Gasteiger partial charge in [0.05, 0.1) is 17.3 Å². The van der Waals surface area contributed by atoms with Crippen molar-refractivity contribution in [3.05, 3.63) is 54.6 Å². The molecule has 0 unspecified atom stereocenters. The van der Waals surface area contributed by atoms with Crippen LogP contribution in [0.25, 0.3) is 11.3 Å². The van der Waals surface area contributed by atoms with Gasteiger partial charge in [0.1, 0.15) is 0 Å². The van der Waals surface area contributed by atoms with Crippen molar-refractivity contribution in [1.29, 1.82) is 5.26 Å². The molecule has 1 aliphatic rings. The predicted octanol–water partition coefficient (Wildman–Crippen LogP) is 2.83. The molecule has 1 aromatic heterocycles. The molecule has 0 spiro atoms. The van der Waals surface area contributed by atoms with Crippen LogP contribution in [0.2, 0.25) is 0 Å². The second-order valence-electron chi connectivity index (χ2n) is 5.46. The average Bonchev–Trinajstić information content (AvgIpc) is 3.01. The molecule has 3 rings (SSSR count). The van der Waals surface area contributed by atoms with Crippen molar-refractivity contribution in [2.24, 2.45) is 0 Å². The standard InChI is InChI=1S/C18H17N5O/c1-2-3-10-22-11-12-23(18(22)24)17-9-8-16(20-21-17)15-6-4-14(13-19)5-7-15/h2,4-9H,1,3,10-12H2. The number of carbonyl (C=O) groups excluding carboxylic acids is 1. The average molecular weight is 319 g/mol. The third-order valence-electron chi connectivity index (χ3n) is 3.93. The highest BCUT2D eigenvalue weighted by Gasteiger charge is 2.29. The second-order valence-corrected chi connectivity index (χ2v) is 5.46. The number of urea groups is 1. The normalized spacial score (nSPS) is 13.9. The number of benzene rings is 1. The van der Waals surface area contributed by atoms with Crippen LogP contribution in [0.5, 0.6) is 0 Å². The van der Waals surface area contributed by atoms with Gasteiger partial charge in [0.15, 0.2) is 5.82 Å². The van der Waals surface area contributed by atoms with Gasteiger partial charge in [-0.3, -0.25) is 4.90 Å². The van der Waals surface area contributed by atoms with Crippen molar-refractivity contribution in [2.45, 2.75) is 6.42 Å². The topological polar surface area (TPSA) is 73.1 Å². The van der Waals surface area contributed by atoms with E-state index in [-0.39, 0.29) is 6.03 Å². The van der Waals surface area contributed by atoms with Crippen molar-refractivity contribution in [3.8, 4) is 17.3 Å². The number of nitrogens with zero attached hydrogens (tertiary/aromatic N) is 5. The molecule has 1 saturated heterocycles. The zero-order valence-corrected chi connectivity index (χ0v) is 13.2. The van der Waals surface area contributed by atoms with Crippen LogP contribution in [0, 0.1) is 11.3 Å². The number of amides is 2. The third kappa shape index (κ3) is 3.10. The Bertz CT molecular complexity index is 777. The lowest BCUT2D eigenvalue weighted by Gasteiger charge is -2.17. The fourth-order valence-corrected chi connectivity index (χ4v) is 2.59. The minimum atomic E-state index is -0.0442. The third-order valence-corrected chi connectivity index (χ3v) is 3.93. The van der Waals surface area contributed by atoms with Crippen LogP contribution in [-0.4, -0.2) is 40.8 Å². The first-order valence-electron chi connectivity index (χ1n) is 7.74. The van der Waals surface area contributed by atoms with Gasteiger partial charge in [-0.1, -0.05) is 18.2 Å². The number of rotatable bonds is 5. The Hall–Kier alpha value is -3.20. The highest BCUT2D eigenvalue weighted by Crippen LogP contribution is 2.21. The molecule has 1 aromatic carbocycles. The largest absolute Gasteiger partial charge is 0.325 e. The number of aromatic nitrogens is 2. The van der Waals surface area contributed by atoms with Gasteiger partial charge in [-0.2, -0.15) is 5.26 Å². The van der Waals surface area contributed by atoms with Gasteiger partial charge in [-0.25, -0.2) is 4.79 Å². The Morgan fingerprint density at radius 2 is 1.96 bits per heavy atom. The van der Waals surface area contributed by atoms with E-state index in [1.807, 2.05) is 24.3 Å². The van der Waals surface area contributed by atoms with E-state index in [1.54, 1.807) is 28.0 Å². The first-order valence-corrected chi connectivity index (χ1v) is 7.74. The van der Waals surface area contributed by atoms with E-state index in [2.05, 4.69) is 22.8 Å². The van der Waals surface area contributed by atoms with Crippen molar-refractivity contribution in [3.63, 3.8) is 0 Å². The molecule has 0 bridgehead atoms. The highest BCUT2D eigenvalue weighted by molar-refractivity contribution is 5.93. The minimum absolute atomic E-state index is 0.0442. The van der Waals surface area contributed by atoms with Crippen LogP contribution < -0.4 is 4.90 Å². The van der Waals surface area contributed by atoms with Gasteiger partial charge >= 0.3 is 6.03 Å². The highest BCUT2D eigenvalue weighted by atomic mass is 16.2. The van der Waals surface area contributed by atoms with Gasteiger partial charge in [0.25, 0.3) is 0 Å². The van der Waals surface area contributed by atoms with Gasteiger partial charge in [0, 0.05) is 25.2 Å². The molecule has 6 nitrogen and oxygen atoms in total. The van der Waals surface area contributed by atoms with Gasteiger partial charge in [-0.05, 0) is 30.7 Å². The van der Waals surface area contributed by atoms with E-state index in [9.17, 15) is 4.79 Å². The summed E-state index contributed by atoms with van der Waals surface area (Å²) in [6, 6.07) is 12.8. The maximum atomic E-state index is 12.4. The lowest BCUT2D eigenvalue weighted by atomic mass is 10.1. The van der Waals surface area contributed by atoms with Gasteiger partial charge in [-0.15, -0.1) is 16.8 Å². The first kappa shape index (κ1) is 15.7. The SMILES string of the molecule is C=CCCN1CCN(c2ccc(-c3ccc(C#N)cc3)nn2)C1=O. The molecule has 2 heterocycles. The van der Waals surface area contributed by atoms with Crippen molar-refractivity contribution >= 4 is 11.8 Å². The lowest BCUT2D eigenvalue weighted by Crippen LogP contribution is -2.32. The molecular formula is C18H17N5O. The quantitative estimate of drug-likeness (QED) is 0.794. The van der Waals surface area contributed by atoms with Crippen LogP contribution in [0.1, 0.15) is 12.0 Å². The fourth-order valence-electron chi connectivity index (χ4n) is 2.59. The molecule has 2 amide bonds. The second kappa shape index (κ2) is 6.92. The summed E-state index contributed by atoms with van der Waals surface area (Å²) in [4.78, 5) is 15.8. The van der Waals surface area contributed by atoms with Crippen LogP contribution in [-0.2, 0) is 0 Å². The maximum absolute atomic E-state index is 12.4. The zero-order chi connectivity index (χ0) is 16.9. The van der Waals surface area contributed by atoms with E-state index in [4.69, 9.17) is 5.26 Å². The zero-order valence-electron chi connectivity index (χ0n) is 13.2. The molecule has 1 aliphatic heterocycles. The molecule has 0 aliphatic carbocycles. The van der Waals surface area contributed by atoms with E-state index < -0.39 is 0 Å². The Balaban J connectivity index is 1.74. The molecule has 0 saturated carbocycles. The molecule has 6 heteroatoms. The number of nitriles is 1. The van der Waals surface area contributed by atoms with Gasteiger partial charge in [0.2, 0.25) is 0 Å². The molecular weight excluding hydrogens is 302 g/mol. The summed E-state index contributed by atoms with van der Waals surface area (Å²) in [6.45, 7) is 5.66. The summed E-state index contributed by atoms with van der Waals surface area (Å²) in [6.07, 6.45) is 2.59. The predicted molar refractivity (Wildman–Crippen MR) is 91.3 cm³/mol. The van der Waals surface area contributed by atoms with E-state index in [0.717, 1.165) is 12.0 Å². The Labute approximate surface area is 140 Å². The van der Waals surface area contributed by atoms with Crippen molar-refractivity contribution in [2.75, 3.05) is 24.5 Å². The van der Waals surface area contributed by atoms with E-state index in [0.29, 0.717) is 36.7 Å².